The Morgan fingerprint density at radius 3 is 1.69 bits per heavy atom. The second-order valence-electron chi connectivity index (χ2n) is 7.87. The first-order valence-corrected chi connectivity index (χ1v) is 12.7. The van der Waals surface area contributed by atoms with E-state index < -0.39 is 0 Å². The largest absolute Gasteiger partial charge is 0.462 e. The molecule has 0 aliphatic heterocycles. The molecule has 3 heteroatoms. The summed E-state index contributed by atoms with van der Waals surface area (Å²) in [5.74, 6) is 2.52. The van der Waals surface area contributed by atoms with Gasteiger partial charge in [0.15, 0.2) is 0 Å². The summed E-state index contributed by atoms with van der Waals surface area (Å²) < 4.78 is 6.33. The maximum Gasteiger partial charge on any atom is 0.339 e. The van der Waals surface area contributed by atoms with Gasteiger partial charge < -0.3 is 4.74 Å². The highest BCUT2D eigenvalue weighted by Gasteiger charge is 2.09. The van der Waals surface area contributed by atoms with Crippen LogP contribution in [0.1, 0.15) is 113 Å². The molecule has 0 N–H and O–H groups in total. The number of terminal acetylenes is 1. The summed E-state index contributed by atoms with van der Waals surface area (Å²) in [6, 6.07) is 7.57. The third-order valence-electron chi connectivity index (χ3n) is 5.29. The van der Waals surface area contributed by atoms with E-state index >= 15 is 0 Å². The Morgan fingerprint density at radius 2 is 1.21 bits per heavy atom. The molecule has 29 heavy (non-hydrogen) atoms. The fourth-order valence-electron chi connectivity index (χ4n) is 3.50. The molecule has 0 aromatic heterocycles. The van der Waals surface area contributed by atoms with E-state index in [1.165, 1.54) is 83.5 Å². The minimum Gasteiger partial charge on any atom is -0.462 e. The molecule has 0 atom stereocenters. The predicted molar refractivity (Wildman–Crippen MR) is 132 cm³/mol. The van der Waals surface area contributed by atoms with Gasteiger partial charge >= 0.3 is 5.97 Å². The predicted octanol–water partition coefficient (Wildman–Crippen LogP) is 8.32. The van der Waals surface area contributed by atoms with Crippen molar-refractivity contribution in [2.75, 3.05) is 6.61 Å². The second-order valence-corrected chi connectivity index (χ2v) is 9.04. The molecule has 0 heterocycles. The molecule has 162 valence electrons. The van der Waals surface area contributed by atoms with Gasteiger partial charge in [0, 0.05) is 9.99 Å². The zero-order valence-electron chi connectivity index (χ0n) is 18.1. The molecular weight excluding hydrogens is 471 g/mol. The van der Waals surface area contributed by atoms with Crippen LogP contribution in [-0.4, -0.2) is 12.6 Å². The number of ether oxygens (including phenoxy) is 1. The van der Waals surface area contributed by atoms with Gasteiger partial charge in [0.25, 0.3) is 0 Å². The lowest BCUT2D eigenvalue weighted by Gasteiger charge is -2.06. The van der Waals surface area contributed by atoms with Crippen molar-refractivity contribution < 1.29 is 9.53 Å². The lowest BCUT2D eigenvalue weighted by molar-refractivity contribution is 0.0496. The van der Waals surface area contributed by atoms with Crippen LogP contribution in [0.25, 0.3) is 0 Å². The monoisotopic (exact) mass is 510 g/mol. The maximum atomic E-state index is 12.0. The van der Waals surface area contributed by atoms with E-state index in [0.717, 1.165) is 22.8 Å². The highest BCUT2D eigenvalue weighted by Crippen LogP contribution is 2.15. The maximum absolute atomic E-state index is 12.0. The van der Waals surface area contributed by atoms with E-state index in [2.05, 4.69) is 28.5 Å². The van der Waals surface area contributed by atoms with Crippen LogP contribution in [-0.2, 0) is 4.74 Å². The van der Waals surface area contributed by atoms with Gasteiger partial charge in [-0.2, -0.15) is 0 Å². The SMILES string of the molecule is C#CCCCCCCCCCCCCCCCCCOC(=O)c1ccccc1I. The Balaban J connectivity index is 1.79. The first-order valence-electron chi connectivity index (χ1n) is 11.6. The van der Waals surface area contributed by atoms with Crippen molar-refractivity contribution in [3.8, 4) is 12.3 Å². The third kappa shape index (κ3) is 14.6. The molecule has 0 amide bonds. The smallest absolute Gasteiger partial charge is 0.339 e. The van der Waals surface area contributed by atoms with Crippen molar-refractivity contribution in [1.82, 2.24) is 0 Å². The van der Waals surface area contributed by atoms with Gasteiger partial charge in [-0.05, 0) is 47.6 Å². The second kappa shape index (κ2) is 19.0. The molecule has 0 spiro atoms. The summed E-state index contributed by atoms with van der Waals surface area (Å²) in [6.07, 6.45) is 25.8. The molecule has 0 saturated carbocycles. The number of benzene rings is 1. The van der Waals surface area contributed by atoms with Crippen LogP contribution in [0.5, 0.6) is 0 Å². The van der Waals surface area contributed by atoms with E-state index in [1.54, 1.807) is 0 Å². The number of hydrogen-bond acceptors (Lipinski definition) is 2. The fourth-order valence-corrected chi connectivity index (χ4v) is 4.10. The van der Waals surface area contributed by atoms with Gasteiger partial charge in [-0.15, -0.1) is 12.3 Å². The molecule has 0 unspecified atom stereocenters. The molecule has 0 saturated heterocycles. The third-order valence-corrected chi connectivity index (χ3v) is 6.23. The zero-order chi connectivity index (χ0) is 21.0. The average Bonchev–Trinajstić information content (AvgIpc) is 2.73. The Morgan fingerprint density at radius 1 is 0.759 bits per heavy atom. The van der Waals surface area contributed by atoms with E-state index in [9.17, 15) is 4.79 Å². The quantitative estimate of drug-likeness (QED) is 0.0859. The Kier molecular flexibility index (Phi) is 17.0. The van der Waals surface area contributed by atoms with Crippen molar-refractivity contribution in [1.29, 1.82) is 0 Å². The molecule has 0 fully saturated rings. The summed E-state index contributed by atoms with van der Waals surface area (Å²) in [6.45, 7) is 0.535. The van der Waals surface area contributed by atoms with Crippen molar-refractivity contribution in [3.63, 3.8) is 0 Å². The first kappa shape index (κ1) is 26.0. The highest BCUT2D eigenvalue weighted by molar-refractivity contribution is 14.1. The highest BCUT2D eigenvalue weighted by atomic mass is 127. The Hall–Kier alpha value is -1.02. The lowest BCUT2D eigenvalue weighted by Crippen LogP contribution is -2.08. The topological polar surface area (TPSA) is 26.3 Å². The molecule has 0 radical (unpaired) electrons. The van der Waals surface area contributed by atoms with Gasteiger partial charge in [0.2, 0.25) is 0 Å². The van der Waals surface area contributed by atoms with E-state index in [4.69, 9.17) is 11.2 Å². The van der Waals surface area contributed by atoms with Crippen molar-refractivity contribution in [2.45, 2.75) is 103 Å². The molecule has 0 bridgehead atoms. The van der Waals surface area contributed by atoms with Gasteiger partial charge in [-0.3, -0.25) is 0 Å². The number of esters is 1. The normalized spacial score (nSPS) is 10.6. The first-order chi connectivity index (χ1) is 14.3. The van der Waals surface area contributed by atoms with E-state index in [-0.39, 0.29) is 5.97 Å². The van der Waals surface area contributed by atoms with Crippen LogP contribution in [0.2, 0.25) is 0 Å². The van der Waals surface area contributed by atoms with Crippen LogP contribution in [0.15, 0.2) is 24.3 Å². The van der Waals surface area contributed by atoms with Crippen LogP contribution in [0.3, 0.4) is 0 Å². The lowest BCUT2D eigenvalue weighted by atomic mass is 10.0. The number of halogens is 1. The van der Waals surface area contributed by atoms with E-state index in [1.807, 2.05) is 24.3 Å². The summed E-state index contributed by atoms with van der Waals surface area (Å²) >= 11 is 2.18. The number of carbonyl (C=O) groups excluding carboxylic acids is 1. The molecular formula is C26H39IO2. The molecule has 2 nitrogen and oxygen atoms in total. The fraction of sp³-hybridized carbons (Fsp3) is 0.654. The Labute approximate surface area is 192 Å². The minimum atomic E-state index is -0.195. The minimum absolute atomic E-state index is 0.195. The van der Waals surface area contributed by atoms with Gasteiger partial charge in [0.05, 0.1) is 12.2 Å². The van der Waals surface area contributed by atoms with Crippen LogP contribution in [0.4, 0.5) is 0 Å². The molecule has 0 aliphatic carbocycles. The molecule has 1 rings (SSSR count). The van der Waals surface area contributed by atoms with Gasteiger partial charge in [0.1, 0.15) is 0 Å². The zero-order valence-corrected chi connectivity index (χ0v) is 20.3. The van der Waals surface area contributed by atoms with E-state index in [0.29, 0.717) is 12.2 Å². The average molecular weight is 511 g/mol. The van der Waals surface area contributed by atoms with Gasteiger partial charge in [-0.1, -0.05) is 95.6 Å². The standard InChI is InChI=1S/C26H39IO2/c1-2-3-4-5-6-7-8-9-10-11-12-13-14-15-16-17-20-23-29-26(28)24-21-18-19-22-25(24)27/h1,18-19,21-22H,3-17,20,23H2. The molecule has 1 aromatic rings. The summed E-state index contributed by atoms with van der Waals surface area (Å²) in [5, 5.41) is 0. The Bertz CT molecular complexity index is 576. The van der Waals surface area contributed by atoms with Crippen LogP contribution in [0, 0.1) is 15.9 Å². The summed E-state index contributed by atoms with van der Waals surface area (Å²) in [5.41, 5.74) is 0.674. The molecule has 0 aliphatic rings. The van der Waals surface area contributed by atoms with Crippen molar-refractivity contribution in [3.05, 3.63) is 33.4 Å². The van der Waals surface area contributed by atoms with Crippen LogP contribution < -0.4 is 0 Å². The summed E-state index contributed by atoms with van der Waals surface area (Å²) in [4.78, 5) is 12.0. The van der Waals surface area contributed by atoms with Gasteiger partial charge in [-0.25, -0.2) is 4.79 Å². The molecule has 1 aromatic carbocycles. The number of carbonyl (C=O) groups is 1. The number of unbranched alkanes of at least 4 members (excludes halogenated alkanes) is 15. The summed E-state index contributed by atoms with van der Waals surface area (Å²) in [7, 11) is 0. The number of hydrogen-bond donors (Lipinski definition) is 0. The number of rotatable bonds is 18. The van der Waals surface area contributed by atoms with Crippen molar-refractivity contribution in [2.24, 2.45) is 0 Å². The van der Waals surface area contributed by atoms with Crippen molar-refractivity contribution >= 4 is 28.6 Å². The van der Waals surface area contributed by atoms with Crippen LogP contribution >= 0.6 is 22.6 Å².